The van der Waals surface area contributed by atoms with Crippen molar-refractivity contribution in [2.75, 3.05) is 19.8 Å². The van der Waals surface area contributed by atoms with Gasteiger partial charge in [0.1, 0.15) is 0 Å². The predicted octanol–water partition coefficient (Wildman–Crippen LogP) is 1.80. The zero-order valence-electron chi connectivity index (χ0n) is 13.9. The summed E-state index contributed by atoms with van der Waals surface area (Å²) in [5, 5.41) is 9.39. The molecular formula is C17H25NO5S. The number of hydrogen-bond acceptors (Lipinski definition) is 4. The van der Waals surface area contributed by atoms with Crippen LogP contribution in [-0.2, 0) is 31.7 Å². The van der Waals surface area contributed by atoms with Crippen LogP contribution in [0.25, 0.3) is 0 Å². The summed E-state index contributed by atoms with van der Waals surface area (Å²) in [5.74, 6) is -1.87. The molecular weight excluding hydrogens is 330 g/mol. The zero-order valence-corrected chi connectivity index (χ0v) is 14.7. The second-order valence-corrected chi connectivity index (χ2v) is 7.98. The molecule has 2 N–H and O–H groups in total. The average Bonchev–Trinajstić information content (AvgIpc) is 2.56. The van der Waals surface area contributed by atoms with Crippen LogP contribution in [0.2, 0.25) is 0 Å². The number of carboxylic acid groups (broad SMARTS) is 1. The van der Waals surface area contributed by atoms with Crippen LogP contribution in [0.5, 0.6) is 0 Å². The number of aryl methyl sites for hydroxylation is 1. The van der Waals surface area contributed by atoms with Gasteiger partial charge in [0.2, 0.25) is 10.0 Å². The molecule has 1 aliphatic rings. The first-order valence-electron chi connectivity index (χ1n) is 8.27. The molecule has 24 heavy (non-hydrogen) atoms. The van der Waals surface area contributed by atoms with Gasteiger partial charge in [-0.1, -0.05) is 31.2 Å². The summed E-state index contributed by atoms with van der Waals surface area (Å²) in [6, 6.07) is 7.41. The molecule has 7 heteroatoms. The Morgan fingerprint density at radius 2 is 1.83 bits per heavy atom. The minimum absolute atomic E-state index is 0.0530. The van der Waals surface area contributed by atoms with E-state index < -0.39 is 21.9 Å². The van der Waals surface area contributed by atoms with Crippen molar-refractivity contribution in [1.29, 1.82) is 0 Å². The highest BCUT2D eigenvalue weighted by molar-refractivity contribution is 7.88. The largest absolute Gasteiger partial charge is 0.481 e. The van der Waals surface area contributed by atoms with Crippen molar-refractivity contribution >= 4 is 16.0 Å². The lowest BCUT2D eigenvalue weighted by molar-refractivity contribution is -0.144. The fourth-order valence-corrected chi connectivity index (χ4v) is 4.10. The molecule has 1 atom stereocenters. The Bertz CT molecular complexity index is 635. The maximum atomic E-state index is 12.2. The number of ether oxygens (including phenoxy) is 1. The fourth-order valence-electron chi connectivity index (χ4n) is 2.93. The van der Waals surface area contributed by atoms with Crippen molar-refractivity contribution in [1.82, 2.24) is 4.72 Å². The molecule has 1 fully saturated rings. The highest BCUT2D eigenvalue weighted by Gasteiger charge is 2.30. The highest BCUT2D eigenvalue weighted by atomic mass is 32.2. The number of aliphatic carboxylic acids is 1. The van der Waals surface area contributed by atoms with Gasteiger partial charge >= 0.3 is 5.97 Å². The second kappa shape index (κ2) is 8.60. The molecule has 0 bridgehead atoms. The molecule has 0 spiro atoms. The van der Waals surface area contributed by atoms with E-state index in [0.29, 0.717) is 31.6 Å². The molecule has 0 saturated carbocycles. The van der Waals surface area contributed by atoms with E-state index in [1.165, 1.54) is 0 Å². The van der Waals surface area contributed by atoms with Crippen molar-refractivity contribution in [2.24, 2.45) is 11.8 Å². The normalized spacial score (nSPS) is 17.5. The highest BCUT2D eigenvalue weighted by Crippen LogP contribution is 2.24. The Morgan fingerprint density at radius 1 is 1.25 bits per heavy atom. The fraction of sp³-hybridized carbons (Fsp3) is 0.588. The molecule has 1 saturated heterocycles. The van der Waals surface area contributed by atoms with Gasteiger partial charge in [-0.05, 0) is 36.3 Å². The van der Waals surface area contributed by atoms with Crippen LogP contribution >= 0.6 is 0 Å². The standard InChI is InChI=1S/C17H25NO5S/c1-2-13-3-5-14(6-4-13)12-24(21,22)18-11-16(17(19)20)15-7-9-23-10-8-15/h3-6,15-16,18H,2,7-12H2,1H3,(H,19,20). The van der Waals surface area contributed by atoms with E-state index in [9.17, 15) is 18.3 Å². The van der Waals surface area contributed by atoms with Gasteiger partial charge < -0.3 is 9.84 Å². The summed E-state index contributed by atoms with van der Waals surface area (Å²) in [6.07, 6.45) is 2.20. The van der Waals surface area contributed by atoms with Crippen LogP contribution in [0.3, 0.4) is 0 Å². The van der Waals surface area contributed by atoms with Crippen LogP contribution in [0.1, 0.15) is 30.9 Å². The van der Waals surface area contributed by atoms with Crippen molar-refractivity contribution < 1.29 is 23.1 Å². The smallest absolute Gasteiger partial charge is 0.308 e. The van der Waals surface area contributed by atoms with Gasteiger partial charge in [0.25, 0.3) is 0 Å². The Kier molecular flexibility index (Phi) is 6.77. The van der Waals surface area contributed by atoms with Gasteiger partial charge in [-0.2, -0.15) is 0 Å². The third-order valence-corrected chi connectivity index (χ3v) is 5.78. The van der Waals surface area contributed by atoms with Gasteiger partial charge in [0, 0.05) is 19.8 Å². The molecule has 1 unspecified atom stereocenters. The molecule has 1 aromatic rings. The molecule has 0 radical (unpaired) electrons. The molecule has 0 aliphatic carbocycles. The van der Waals surface area contributed by atoms with Gasteiger partial charge in [0.15, 0.2) is 0 Å². The first-order valence-corrected chi connectivity index (χ1v) is 9.92. The van der Waals surface area contributed by atoms with Crippen molar-refractivity contribution in [2.45, 2.75) is 31.9 Å². The van der Waals surface area contributed by atoms with E-state index in [1.54, 1.807) is 12.1 Å². The van der Waals surface area contributed by atoms with E-state index in [0.717, 1.165) is 12.0 Å². The molecule has 1 aliphatic heterocycles. The second-order valence-electron chi connectivity index (χ2n) is 6.17. The summed E-state index contributed by atoms with van der Waals surface area (Å²) >= 11 is 0. The Labute approximate surface area is 143 Å². The molecule has 1 aromatic carbocycles. The van der Waals surface area contributed by atoms with Crippen LogP contribution in [0.4, 0.5) is 0 Å². The maximum absolute atomic E-state index is 12.2. The Morgan fingerprint density at radius 3 is 2.38 bits per heavy atom. The minimum Gasteiger partial charge on any atom is -0.481 e. The summed E-state index contributed by atoms with van der Waals surface area (Å²) in [7, 11) is -3.57. The molecule has 6 nitrogen and oxygen atoms in total. The van der Waals surface area contributed by atoms with E-state index in [-0.39, 0.29) is 18.2 Å². The number of carboxylic acids is 1. The number of carbonyl (C=O) groups is 1. The third kappa shape index (κ3) is 5.58. The first kappa shape index (κ1) is 18.9. The van der Waals surface area contributed by atoms with Crippen LogP contribution in [0, 0.1) is 11.8 Å². The Balaban J connectivity index is 1.95. The number of benzene rings is 1. The number of sulfonamides is 1. The molecule has 0 aromatic heterocycles. The van der Waals surface area contributed by atoms with E-state index >= 15 is 0 Å². The first-order chi connectivity index (χ1) is 11.4. The summed E-state index contributed by atoms with van der Waals surface area (Å²) in [5.41, 5.74) is 1.84. The number of nitrogens with one attached hydrogen (secondary N) is 1. The monoisotopic (exact) mass is 355 g/mol. The molecule has 1 heterocycles. The van der Waals surface area contributed by atoms with Crippen molar-refractivity contribution in [3.63, 3.8) is 0 Å². The van der Waals surface area contributed by atoms with Gasteiger partial charge in [-0.25, -0.2) is 13.1 Å². The van der Waals surface area contributed by atoms with E-state index in [2.05, 4.69) is 4.72 Å². The maximum Gasteiger partial charge on any atom is 0.308 e. The van der Waals surface area contributed by atoms with E-state index in [4.69, 9.17) is 4.74 Å². The minimum atomic E-state index is -3.57. The van der Waals surface area contributed by atoms with Gasteiger partial charge in [0.05, 0.1) is 11.7 Å². The van der Waals surface area contributed by atoms with E-state index in [1.807, 2.05) is 19.1 Å². The summed E-state index contributed by atoms with van der Waals surface area (Å²) in [6.45, 7) is 3.03. The molecule has 134 valence electrons. The predicted molar refractivity (Wildman–Crippen MR) is 91.1 cm³/mol. The average molecular weight is 355 g/mol. The number of hydrogen-bond donors (Lipinski definition) is 2. The third-order valence-electron chi connectivity index (χ3n) is 4.46. The topological polar surface area (TPSA) is 92.7 Å². The van der Waals surface area contributed by atoms with Crippen LogP contribution in [0.15, 0.2) is 24.3 Å². The molecule has 0 amide bonds. The van der Waals surface area contributed by atoms with Crippen LogP contribution in [-0.4, -0.2) is 39.3 Å². The quantitative estimate of drug-likeness (QED) is 0.742. The Hall–Kier alpha value is -1.44. The zero-order chi connectivity index (χ0) is 17.6. The lowest BCUT2D eigenvalue weighted by Gasteiger charge is -2.27. The van der Waals surface area contributed by atoms with Gasteiger partial charge in [-0.15, -0.1) is 0 Å². The summed E-state index contributed by atoms with van der Waals surface area (Å²) < 4.78 is 32.2. The lowest BCUT2D eigenvalue weighted by atomic mass is 9.86. The molecule has 2 rings (SSSR count). The number of rotatable bonds is 8. The SMILES string of the molecule is CCc1ccc(CS(=O)(=O)NCC(C(=O)O)C2CCOCC2)cc1. The van der Waals surface area contributed by atoms with Gasteiger partial charge in [-0.3, -0.25) is 4.79 Å². The van der Waals surface area contributed by atoms with Crippen molar-refractivity contribution in [3.05, 3.63) is 35.4 Å². The summed E-state index contributed by atoms with van der Waals surface area (Å²) in [4.78, 5) is 11.5. The van der Waals surface area contributed by atoms with Crippen molar-refractivity contribution in [3.8, 4) is 0 Å². The lowest BCUT2D eigenvalue weighted by Crippen LogP contribution is -2.39. The van der Waals surface area contributed by atoms with Crippen LogP contribution < -0.4 is 4.72 Å².